The SMILES string of the molecule is CSCC[C@H](NC(=O)[C@@H](N)Cc1cnc[nH]1)C(=O)N[C@@H](Cc1cnc[nH]1)C(=O)N[C@@H](CCCCN)C(=O)N[C@@H](C)C(=O)N[C@@H](CC(C)C)C(=O)N[C@H](C(=O)N[C@@H](C)C(=O)O)[C@@H](C)O. The van der Waals surface area contributed by atoms with Crippen molar-refractivity contribution < 1.29 is 48.6 Å². The third-order valence-corrected chi connectivity index (χ3v) is 10.3. The molecule has 2 aromatic rings. The second-order valence-electron chi connectivity index (χ2n) is 15.6. The first-order chi connectivity index (χ1) is 29.8. The maximum atomic E-state index is 14.0. The summed E-state index contributed by atoms with van der Waals surface area (Å²) in [4.78, 5) is 119. The number of imidazole rings is 2. The van der Waals surface area contributed by atoms with Crippen molar-refractivity contribution in [3.63, 3.8) is 0 Å². The number of nitrogens with one attached hydrogen (secondary N) is 9. The number of carbonyl (C=O) groups is 8. The highest BCUT2D eigenvalue weighted by Crippen LogP contribution is 2.10. The number of aliphatic hydroxyl groups is 1. The predicted octanol–water partition coefficient (Wildman–Crippen LogP) is -2.93. The number of hydrogen-bond donors (Lipinski definition) is 13. The zero-order chi connectivity index (χ0) is 47.2. The fraction of sp³-hybridized carbons (Fsp3) is 0.641. The second-order valence-corrected chi connectivity index (χ2v) is 16.6. The van der Waals surface area contributed by atoms with E-state index in [0.29, 0.717) is 36.5 Å². The van der Waals surface area contributed by atoms with Crippen molar-refractivity contribution >= 4 is 59.1 Å². The summed E-state index contributed by atoms with van der Waals surface area (Å²) in [6.07, 6.45) is 7.57. The molecule has 23 nitrogen and oxygen atoms in total. The van der Waals surface area contributed by atoms with Gasteiger partial charge in [0, 0.05) is 36.6 Å². The van der Waals surface area contributed by atoms with Crippen molar-refractivity contribution in [1.29, 1.82) is 0 Å². The molecule has 0 saturated carbocycles. The molecule has 9 atom stereocenters. The van der Waals surface area contributed by atoms with E-state index in [4.69, 9.17) is 11.5 Å². The summed E-state index contributed by atoms with van der Waals surface area (Å²) in [5.74, 6) is -6.37. The van der Waals surface area contributed by atoms with Gasteiger partial charge in [0.1, 0.15) is 42.3 Å². The average Bonchev–Trinajstić information content (AvgIpc) is 3.94. The van der Waals surface area contributed by atoms with Crippen molar-refractivity contribution in [1.82, 2.24) is 57.2 Å². The Labute approximate surface area is 370 Å². The van der Waals surface area contributed by atoms with Gasteiger partial charge in [0.05, 0.1) is 24.8 Å². The molecular weight excluding hydrogens is 843 g/mol. The van der Waals surface area contributed by atoms with Gasteiger partial charge >= 0.3 is 5.97 Å². The fourth-order valence-electron chi connectivity index (χ4n) is 6.04. The molecule has 0 saturated heterocycles. The van der Waals surface area contributed by atoms with Crippen LogP contribution in [0, 0.1) is 5.92 Å². The van der Waals surface area contributed by atoms with E-state index in [1.54, 1.807) is 13.8 Å². The summed E-state index contributed by atoms with van der Waals surface area (Å²) < 4.78 is 0. The number of H-pyrrole nitrogens is 2. The lowest BCUT2D eigenvalue weighted by atomic mass is 10.0. The molecule has 0 aliphatic heterocycles. The molecule has 24 heteroatoms. The molecule has 2 aromatic heterocycles. The summed E-state index contributed by atoms with van der Waals surface area (Å²) in [7, 11) is 0. The number of carboxylic acid groups (broad SMARTS) is 1. The Morgan fingerprint density at radius 3 is 1.70 bits per heavy atom. The number of hydrogen-bond acceptors (Lipinski definition) is 14. The first kappa shape index (κ1) is 53.5. The molecule has 15 N–H and O–H groups in total. The van der Waals surface area contributed by atoms with Crippen molar-refractivity contribution in [3.8, 4) is 0 Å². The van der Waals surface area contributed by atoms with Crippen LogP contribution in [0.25, 0.3) is 0 Å². The quantitative estimate of drug-likeness (QED) is 0.0364. The average molecular weight is 908 g/mol. The van der Waals surface area contributed by atoms with Crippen LogP contribution >= 0.6 is 11.8 Å². The summed E-state index contributed by atoms with van der Waals surface area (Å²) in [5.41, 5.74) is 12.9. The fourth-order valence-corrected chi connectivity index (χ4v) is 6.52. The predicted molar refractivity (Wildman–Crippen MR) is 232 cm³/mol. The van der Waals surface area contributed by atoms with E-state index in [1.807, 2.05) is 6.26 Å². The molecule has 0 radical (unpaired) electrons. The molecule has 2 rings (SSSR count). The Balaban J connectivity index is 2.26. The van der Waals surface area contributed by atoms with Crippen molar-refractivity contribution in [2.75, 3.05) is 18.6 Å². The number of aromatic nitrogens is 4. The molecule has 0 aliphatic carbocycles. The van der Waals surface area contributed by atoms with Crippen LogP contribution < -0.4 is 48.7 Å². The van der Waals surface area contributed by atoms with Gasteiger partial charge in [-0.3, -0.25) is 38.4 Å². The lowest BCUT2D eigenvalue weighted by molar-refractivity contribution is -0.142. The van der Waals surface area contributed by atoms with E-state index < -0.39 is 102 Å². The Morgan fingerprint density at radius 1 is 0.651 bits per heavy atom. The highest BCUT2D eigenvalue weighted by Gasteiger charge is 2.34. The van der Waals surface area contributed by atoms with E-state index in [0.717, 1.165) is 0 Å². The number of unbranched alkanes of at least 4 members (excludes halogenated alkanes) is 1. The Kier molecular flexibility index (Phi) is 23.3. The van der Waals surface area contributed by atoms with Gasteiger partial charge in [-0.25, -0.2) is 9.97 Å². The highest BCUT2D eigenvalue weighted by atomic mass is 32.2. The van der Waals surface area contributed by atoms with Crippen LogP contribution in [0.3, 0.4) is 0 Å². The van der Waals surface area contributed by atoms with Gasteiger partial charge in [0.15, 0.2) is 0 Å². The lowest BCUT2D eigenvalue weighted by Crippen LogP contribution is -2.61. The number of nitrogens with two attached hydrogens (primary N) is 2. The molecule has 7 amide bonds. The van der Waals surface area contributed by atoms with Gasteiger partial charge < -0.3 is 68.9 Å². The van der Waals surface area contributed by atoms with E-state index in [2.05, 4.69) is 57.2 Å². The van der Waals surface area contributed by atoms with Gasteiger partial charge in [0.2, 0.25) is 41.4 Å². The molecule has 0 unspecified atom stereocenters. The van der Waals surface area contributed by atoms with Gasteiger partial charge in [-0.2, -0.15) is 11.8 Å². The van der Waals surface area contributed by atoms with Crippen LogP contribution in [0.4, 0.5) is 0 Å². The summed E-state index contributed by atoms with van der Waals surface area (Å²) in [6.45, 7) is 7.65. The molecule has 0 bridgehead atoms. The highest BCUT2D eigenvalue weighted by molar-refractivity contribution is 7.98. The van der Waals surface area contributed by atoms with Gasteiger partial charge in [-0.1, -0.05) is 13.8 Å². The Hall–Kier alpha value is -5.59. The summed E-state index contributed by atoms with van der Waals surface area (Å²) >= 11 is 1.45. The zero-order valence-corrected chi connectivity index (χ0v) is 37.4. The third-order valence-electron chi connectivity index (χ3n) is 9.65. The molecule has 352 valence electrons. The lowest BCUT2D eigenvalue weighted by Gasteiger charge is -2.28. The summed E-state index contributed by atoms with van der Waals surface area (Å²) in [6, 6.07) is -9.96. The van der Waals surface area contributed by atoms with Gasteiger partial charge in [-0.15, -0.1) is 0 Å². The van der Waals surface area contributed by atoms with Crippen molar-refractivity contribution in [2.24, 2.45) is 17.4 Å². The first-order valence-electron chi connectivity index (χ1n) is 20.7. The number of carbonyl (C=O) groups excluding carboxylic acids is 7. The van der Waals surface area contributed by atoms with Crippen molar-refractivity contribution in [2.45, 2.75) is 134 Å². The minimum atomic E-state index is -1.56. The normalized spacial score (nSPS) is 15.5. The van der Waals surface area contributed by atoms with Crippen molar-refractivity contribution in [3.05, 3.63) is 36.4 Å². The van der Waals surface area contributed by atoms with Gasteiger partial charge in [0.25, 0.3) is 0 Å². The second kappa shape index (κ2) is 27.5. The van der Waals surface area contributed by atoms with Crippen LogP contribution in [0.5, 0.6) is 0 Å². The maximum Gasteiger partial charge on any atom is 0.325 e. The number of aliphatic hydroxyl groups excluding tert-OH is 1. The molecular formula is C39H65N13O10S. The molecule has 0 aromatic carbocycles. The van der Waals surface area contributed by atoms with E-state index in [-0.39, 0.29) is 38.0 Å². The number of aromatic amines is 2. The van der Waals surface area contributed by atoms with E-state index >= 15 is 0 Å². The van der Waals surface area contributed by atoms with Gasteiger partial charge in [-0.05, 0) is 77.3 Å². The summed E-state index contributed by atoms with van der Waals surface area (Å²) in [5, 5.41) is 37.2. The number of amides is 7. The Morgan fingerprint density at radius 2 is 1.16 bits per heavy atom. The number of rotatable bonds is 29. The minimum absolute atomic E-state index is 0.0779. The smallest absolute Gasteiger partial charge is 0.325 e. The topological polar surface area (TPSA) is 371 Å². The molecule has 2 heterocycles. The molecule has 63 heavy (non-hydrogen) atoms. The van der Waals surface area contributed by atoms with E-state index in [1.165, 1.54) is 57.6 Å². The van der Waals surface area contributed by atoms with Crippen LogP contribution in [-0.4, -0.2) is 150 Å². The number of thioether (sulfide) groups is 1. The monoisotopic (exact) mass is 907 g/mol. The third kappa shape index (κ3) is 19.1. The maximum absolute atomic E-state index is 14.0. The molecule has 0 fully saturated rings. The molecule has 0 spiro atoms. The minimum Gasteiger partial charge on any atom is -0.480 e. The number of nitrogens with zero attached hydrogens (tertiary/aromatic N) is 2. The van der Waals surface area contributed by atoms with Crippen LogP contribution in [0.15, 0.2) is 25.0 Å². The van der Waals surface area contributed by atoms with E-state index in [9.17, 15) is 48.6 Å². The number of aliphatic carboxylic acids is 1. The van der Waals surface area contributed by atoms with Crippen LogP contribution in [0.1, 0.15) is 78.1 Å². The standard InChI is InChI=1S/C39H65N13O10S/c1-20(2)13-29(37(59)52-31(23(5)53)38(60)47-22(4)39(61)62)50-32(54)21(3)46-34(56)27(9-7-8-11-40)49-36(58)30(15-25-17-43-19-45-25)51-35(57)28(10-12-63-6)48-33(55)26(41)14-24-16-42-18-44-24/h16-23,26-31,53H,7-15,40-41H2,1-6H3,(H,42,44)(H,43,45)(H,46,56)(H,47,60)(H,48,55)(H,49,58)(H,50,54)(H,51,57)(H,52,59)(H,61,62)/t21-,22-,23+,26-,27-,28-,29-,30-,31-/m0/s1. The Bertz CT molecular complexity index is 1780. The van der Waals surface area contributed by atoms with Crippen LogP contribution in [-0.2, 0) is 51.2 Å². The number of carboxylic acids is 1. The largest absolute Gasteiger partial charge is 0.480 e. The first-order valence-corrected chi connectivity index (χ1v) is 22.1. The molecule has 0 aliphatic rings. The zero-order valence-electron chi connectivity index (χ0n) is 36.6. The van der Waals surface area contributed by atoms with Crippen LogP contribution in [0.2, 0.25) is 0 Å².